The van der Waals surface area contributed by atoms with Crippen LogP contribution < -0.4 is 24.3 Å². The van der Waals surface area contributed by atoms with Crippen LogP contribution in [0.25, 0.3) is 11.1 Å². The van der Waals surface area contributed by atoms with Crippen LogP contribution in [-0.4, -0.2) is 59.9 Å². The van der Waals surface area contributed by atoms with E-state index < -0.39 is 18.6 Å². The van der Waals surface area contributed by atoms with Crippen LogP contribution in [0.2, 0.25) is 10.0 Å². The first kappa shape index (κ1) is 42.5. The van der Waals surface area contributed by atoms with Crippen molar-refractivity contribution >= 4 is 35.3 Å². The third-order valence-corrected chi connectivity index (χ3v) is 10.6. The Morgan fingerprint density at radius 3 is 1.75 bits per heavy atom. The molecule has 0 spiro atoms. The van der Waals surface area contributed by atoms with Crippen molar-refractivity contribution in [3.63, 3.8) is 0 Å². The zero-order chi connectivity index (χ0) is 40.2. The van der Waals surface area contributed by atoms with Gasteiger partial charge in [-0.25, -0.2) is 0 Å². The molecule has 4 aromatic rings. The summed E-state index contributed by atoms with van der Waals surface area (Å²) in [4.78, 5) is 27.6. The monoisotopic (exact) mass is 807 g/mol. The van der Waals surface area contributed by atoms with Gasteiger partial charge in [0.25, 0.3) is 0 Å². The number of halogens is 2. The molecule has 0 bridgehead atoms. The maximum absolute atomic E-state index is 11.4. The minimum atomic E-state index is -1.14. The molecule has 11 nitrogen and oxygen atoms in total. The molecule has 56 heavy (non-hydrogen) atoms. The smallest absolute Gasteiger partial charge is 0.373 e. The number of nitrogens with one attached hydrogen (secondary N) is 1. The van der Waals surface area contributed by atoms with Gasteiger partial charge < -0.3 is 34.3 Å². The lowest BCUT2D eigenvalue weighted by Crippen LogP contribution is -2.39. The van der Waals surface area contributed by atoms with Crippen molar-refractivity contribution in [2.75, 3.05) is 26.4 Å². The van der Waals surface area contributed by atoms with Gasteiger partial charge in [-0.15, -0.1) is 0 Å². The molecule has 0 heterocycles. The summed E-state index contributed by atoms with van der Waals surface area (Å²) in [7, 11) is 0. The lowest BCUT2D eigenvalue weighted by atomic mass is 9.91. The van der Waals surface area contributed by atoms with Gasteiger partial charge in [-0.2, -0.15) is 9.59 Å². The summed E-state index contributed by atoms with van der Waals surface area (Å²) >= 11 is 13.5. The Balaban J connectivity index is 0.00000194. The first-order chi connectivity index (χ1) is 27.2. The van der Waals surface area contributed by atoms with E-state index in [1.54, 1.807) is 12.1 Å². The second-order valence-corrected chi connectivity index (χ2v) is 14.2. The summed E-state index contributed by atoms with van der Waals surface area (Å²) in [6, 6.07) is 19.0. The second-order valence-electron chi connectivity index (χ2n) is 13.4. The number of hydrogen-bond acceptors (Lipinski definition) is 10. The summed E-state index contributed by atoms with van der Waals surface area (Å²) in [5, 5.41) is 31.7. The molecular formula is C43H47Cl2NO10. The average molecular weight is 809 g/mol. The van der Waals surface area contributed by atoms with E-state index in [-0.39, 0.29) is 31.5 Å². The van der Waals surface area contributed by atoms with E-state index in [1.165, 1.54) is 22.3 Å². The highest BCUT2D eigenvalue weighted by molar-refractivity contribution is 6.32. The number of carbonyl (C=O) groups excluding carboxylic acids is 2. The number of aryl methyl sites for hydroxylation is 1. The van der Waals surface area contributed by atoms with Gasteiger partial charge in [0.1, 0.15) is 41.2 Å². The van der Waals surface area contributed by atoms with Crippen LogP contribution in [0, 0.1) is 0 Å². The number of benzene rings is 4. The quantitative estimate of drug-likeness (QED) is 0.0725. The number of carbonyl (C=O) groups is 1. The Bertz CT molecular complexity index is 2020. The van der Waals surface area contributed by atoms with E-state index in [0.29, 0.717) is 46.1 Å². The number of rotatable bonds is 18. The third-order valence-electron chi connectivity index (χ3n) is 9.96. The third kappa shape index (κ3) is 10.0. The Morgan fingerprint density at radius 1 is 0.786 bits per heavy atom. The van der Waals surface area contributed by atoms with Crippen LogP contribution in [0.1, 0.15) is 85.1 Å². The molecule has 0 aromatic heterocycles. The predicted molar refractivity (Wildman–Crippen MR) is 211 cm³/mol. The van der Waals surface area contributed by atoms with Crippen molar-refractivity contribution in [3.05, 3.63) is 104 Å². The van der Waals surface area contributed by atoms with E-state index in [9.17, 15) is 20.1 Å². The highest BCUT2D eigenvalue weighted by Crippen LogP contribution is 2.47. The van der Waals surface area contributed by atoms with Gasteiger partial charge in [0, 0.05) is 30.8 Å². The predicted octanol–water partition coefficient (Wildman–Crippen LogP) is 7.86. The summed E-state index contributed by atoms with van der Waals surface area (Å²) in [5.74, 6) is 1.26. The van der Waals surface area contributed by atoms with E-state index in [1.807, 2.05) is 26.0 Å². The van der Waals surface area contributed by atoms with Crippen molar-refractivity contribution in [1.82, 2.24) is 5.32 Å². The molecule has 4 aromatic carbocycles. The highest BCUT2D eigenvalue weighted by atomic mass is 35.5. The van der Waals surface area contributed by atoms with E-state index in [0.717, 1.165) is 67.4 Å². The van der Waals surface area contributed by atoms with Gasteiger partial charge in [0.15, 0.2) is 0 Å². The number of ether oxygens (including phenoxy) is 4. The molecule has 0 amide bonds. The number of fused-ring (bicyclic) bond motifs is 2. The lowest BCUT2D eigenvalue weighted by Gasteiger charge is -2.20. The number of unbranched alkanes of at least 4 members (excludes halogenated alkanes) is 1. The molecule has 298 valence electrons. The normalized spacial score (nSPS) is 15.8. The first-order valence-electron chi connectivity index (χ1n) is 18.8. The summed E-state index contributed by atoms with van der Waals surface area (Å²) in [5.41, 5.74) is 8.87. The second kappa shape index (κ2) is 20.5. The van der Waals surface area contributed by atoms with Crippen molar-refractivity contribution in [2.24, 2.45) is 0 Å². The van der Waals surface area contributed by atoms with Crippen LogP contribution in [-0.2, 0) is 40.2 Å². The standard InChI is InChI=1S/C42H47Cl2NO8.CO2/c1-3-50-38-21-40(33(43)19-25(38)9-5-6-18-46)52-36-16-14-29-27(10-7-12-31(29)36)28-11-8-13-32-30(28)15-17-37(32)53-41-22-39(51-4-2)26(20-34(41)44)23-45-35(24-47)42(48)49;2-1-3/h7-8,10-13,19-22,35-37,45-47H,3-6,9,14-18,23-24H2,1-2H3,(H,48,49);/t35-,36+,37+;/m1./s1. The maximum Gasteiger partial charge on any atom is 0.373 e. The van der Waals surface area contributed by atoms with Crippen LogP contribution in [0.4, 0.5) is 0 Å². The molecule has 0 radical (unpaired) electrons. The van der Waals surface area contributed by atoms with Crippen LogP contribution in [0.3, 0.4) is 0 Å². The van der Waals surface area contributed by atoms with Gasteiger partial charge in [-0.05, 0) is 110 Å². The number of aliphatic hydroxyl groups excluding tert-OH is 2. The van der Waals surface area contributed by atoms with Crippen molar-refractivity contribution in [3.8, 4) is 34.1 Å². The van der Waals surface area contributed by atoms with Gasteiger partial charge in [-0.1, -0.05) is 59.6 Å². The molecule has 4 N–H and O–H groups in total. The fraction of sp³-hybridized carbons (Fsp3) is 0.395. The van der Waals surface area contributed by atoms with E-state index in [4.69, 9.17) is 51.7 Å². The lowest BCUT2D eigenvalue weighted by molar-refractivity contribution is -0.191. The molecule has 13 heteroatoms. The number of carboxylic acid groups (broad SMARTS) is 1. The van der Waals surface area contributed by atoms with E-state index in [2.05, 4.69) is 41.7 Å². The topological polar surface area (TPSA) is 161 Å². The minimum Gasteiger partial charge on any atom is -0.493 e. The maximum atomic E-state index is 11.4. The fourth-order valence-electron chi connectivity index (χ4n) is 7.42. The molecule has 0 saturated carbocycles. The van der Waals surface area contributed by atoms with Gasteiger partial charge >= 0.3 is 12.1 Å². The number of aliphatic hydroxyl groups is 2. The fourth-order valence-corrected chi connectivity index (χ4v) is 7.89. The largest absolute Gasteiger partial charge is 0.493 e. The molecular weight excluding hydrogens is 761 g/mol. The van der Waals surface area contributed by atoms with Crippen LogP contribution in [0.5, 0.6) is 23.0 Å². The Labute approximate surface area is 336 Å². The Hall–Kier alpha value is -4.61. The number of carboxylic acids is 1. The first-order valence-corrected chi connectivity index (χ1v) is 19.6. The molecule has 2 aliphatic carbocycles. The summed E-state index contributed by atoms with van der Waals surface area (Å²) in [6.45, 7) is 4.54. The van der Waals surface area contributed by atoms with E-state index >= 15 is 0 Å². The van der Waals surface area contributed by atoms with Crippen LogP contribution >= 0.6 is 23.2 Å². The Morgan fingerprint density at radius 2 is 1.29 bits per heavy atom. The number of hydrogen-bond donors (Lipinski definition) is 4. The molecule has 0 aliphatic heterocycles. The van der Waals surface area contributed by atoms with Crippen LogP contribution in [0.15, 0.2) is 60.7 Å². The zero-order valence-electron chi connectivity index (χ0n) is 31.4. The molecule has 0 saturated heterocycles. The van der Waals surface area contributed by atoms with Gasteiger partial charge in [0.2, 0.25) is 0 Å². The molecule has 6 rings (SSSR count). The average Bonchev–Trinajstić information content (AvgIpc) is 3.79. The van der Waals surface area contributed by atoms with Gasteiger partial charge in [-0.3, -0.25) is 10.1 Å². The Kier molecular flexibility index (Phi) is 15.6. The molecule has 3 atom stereocenters. The number of aliphatic carboxylic acids is 1. The van der Waals surface area contributed by atoms with Crippen molar-refractivity contribution in [2.45, 2.75) is 83.6 Å². The molecule has 2 aliphatic rings. The molecule has 0 fully saturated rings. The van der Waals surface area contributed by atoms with Crippen molar-refractivity contribution in [1.29, 1.82) is 0 Å². The highest BCUT2D eigenvalue weighted by Gasteiger charge is 2.32. The summed E-state index contributed by atoms with van der Waals surface area (Å²) < 4.78 is 25.1. The SMILES string of the molecule is CCOc1cc(O[C@H]2CCc3c(-c4cccc5c4CC[C@@H]5Oc4cc(OCC)c(CN[C@H](CO)C(=O)O)cc4Cl)cccc32)c(Cl)cc1CCCCO.O=C=O. The van der Waals surface area contributed by atoms with Gasteiger partial charge in [0.05, 0.1) is 29.9 Å². The summed E-state index contributed by atoms with van der Waals surface area (Å²) in [6.07, 6.45) is 5.55. The zero-order valence-corrected chi connectivity index (χ0v) is 33.0. The van der Waals surface area contributed by atoms with Crippen molar-refractivity contribution < 1.29 is 48.7 Å². The molecule has 0 unspecified atom stereocenters. The minimum absolute atomic E-state index is 0.148.